The Morgan fingerprint density at radius 2 is 2.40 bits per heavy atom. The molecule has 0 aromatic carbocycles. The maximum Gasteiger partial charge on any atom is 0.126 e. The molecule has 0 bridgehead atoms. The van der Waals surface area contributed by atoms with Crippen molar-refractivity contribution in [2.24, 2.45) is 0 Å². The Kier molecular flexibility index (Phi) is 3.40. The molecule has 1 unspecified atom stereocenters. The third-order valence-electron chi connectivity index (χ3n) is 2.73. The predicted octanol–water partition coefficient (Wildman–Crippen LogP) is 1.22. The van der Waals surface area contributed by atoms with Gasteiger partial charge in [0.15, 0.2) is 0 Å². The minimum Gasteiger partial charge on any atom is -0.397 e. The van der Waals surface area contributed by atoms with Crippen LogP contribution in [0.4, 0.5) is 11.5 Å². The Morgan fingerprint density at radius 3 is 3.07 bits per heavy atom. The van der Waals surface area contributed by atoms with Gasteiger partial charge in [-0.25, -0.2) is 4.98 Å². The summed E-state index contributed by atoms with van der Waals surface area (Å²) in [4.78, 5) is 4.20. The first kappa shape index (κ1) is 10.2. The summed E-state index contributed by atoms with van der Waals surface area (Å²) in [5, 5.41) is 6.80. The molecule has 2 heterocycles. The molecule has 0 spiro atoms. The van der Waals surface area contributed by atoms with E-state index in [1.807, 2.05) is 12.1 Å². The normalized spacial score (nSPS) is 21.2. The quantitative estimate of drug-likeness (QED) is 0.696. The van der Waals surface area contributed by atoms with Crippen molar-refractivity contribution in [1.82, 2.24) is 10.3 Å². The van der Waals surface area contributed by atoms with Crippen LogP contribution in [0.5, 0.6) is 0 Å². The molecule has 2 rings (SSSR count). The number of piperidine rings is 1. The number of hydrogen-bond acceptors (Lipinski definition) is 4. The van der Waals surface area contributed by atoms with Gasteiger partial charge in [-0.05, 0) is 31.5 Å². The summed E-state index contributed by atoms with van der Waals surface area (Å²) in [6.07, 6.45) is 5.56. The zero-order valence-electron chi connectivity index (χ0n) is 8.87. The summed E-state index contributed by atoms with van der Waals surface area (Å²) in [6, 6.07) is 4.36. The van der Waals surface area contributed by atoms with Gasteiger partial charge in [-0.15, -0.1) is 0 Å². The molecule has 4 N–H and O–H groups in total. The Balaban J connectivity index is 1.79. The van der Waals surface area contributed by atoms with E-state index in [4.69, 9.17) is 5.73 Å². The van der Waals surface area contributed by atoms with Crippen LogP contribution in [0, 0.1) is 0 Å². The Hall–Kier alpha value is -1.29. The van der Waals surface area contributed by atoms with Crippen LogP contribution in [-0.4, -0.2) is 24.1 Å². The van der Waals surface area contributed by atoms with Crippen molar-refractivity contribution in [1.29, 1.82) is 0 Å². The molecule has 1 aromatic rings. The summed E-state index contributed by atoms with van der Waals surface area (Å²) in [6.45, 7) is 2.08. The summed E-state index contributed by atoms with van der Waals surface area (Å²) in [5.74, 6) is 0.900. The highest BCUT2D eigenvalue weighted by molar-refractivity contribution is 5.43. The maximum absolute atomic E-state index is 5.56. The number of aromatic nitrogens is 1. The molecule has 4 nitrogen and oxygen atoms in total. The van der Waals surface area contributed by atoms with E-state index in [0.29, 0.717) is 11.7 Å². The monoisotopic (exact) mass is 206 g/mol. The second-order valence-electron chi connectivity index (χ2n) is 4.00. The van der Waals surface area contributed by atoms with Crippen LogP contribution in [0.25, 0.3) is 0 Å². The zero-order chi connectivity index (χ0) is 10.5. The summed E-state index contributed by atoms with van der Waals surface area (Å²) < 4.78 is 0. The third-order valence-corrected chi connectivity index (χ3v) is 2.73. The number of rotatable bonds is 3. The van der Waals surface area contributed by atoms with Gasteiger partial charge in [-0.3, -0.25) is 0 Å². The van der Waals surface area contributed by atoms with Crippen LogP contribution in [0.15, 0.2) is 18.3 Å². The second kappa shape index (κ2) is 4.98. The van der Waals surface area contributed by atoms with Crippen LogP contribution < -0.4 is 16.4 Å². The summed E-state index contributed by atoms with van der Waals surface area (Å²) in [7, 11) is 0. The zero-order valence-corrected chi connectivity index (χ0v) is 8.87. The number of nitrogens with one attached hydrogen (secondary N) is 2. The standard InChI is InChI=1S/C11H18N4/c12-9-4-5-11(14-7-9)15-8-10-3-1-2-6-13-10/h4-5,7,10,13H,1-3,6,8,12H2,(H,14,15). The molecule has 1 fully saturated rings. The number of nitrogens with zero attached hydrogens (tertiary/aromatic N) is 1. The number of pyridine rings is 1. The molecule has 1 aliphatic heterocycles. The Morgan fingerprint density at radius 1 is 1.47 bits per heavy atom. The van der Waals surface area contributed by atoms with E-state index < -0.39 is 0 Å². The molecule has 1 aliphatic rings. The number of hydrogen-bond donors (Lipinski definition) is 3. The van der Waals surface area contributed by atoms with Crippen molar-refractivity contribution in [3.63, 3.8) is 0 Å². The fourth-order valence-electron chi connectivity index (χ4n) is 1.84. The van der Waals surface area contributed by atoms with E-state index in [1.165, 1.54) is 19.3 Å². The van der Waals surface area contributed by atoms with E-state index >= 15 is 0 Å². The molecule has 1 atom stereocenters. The fourth-order valence-corrected chi connectivity index (χ4v) is 1.84. The van der Waals surface area contributed by atoms with Crippen LogP contribution in [0.1, 0.15) is 19.3 Å². The third kappa shape index (κ3) is 3.09. The van der Waals surface area contributed by atoms with E-state index in [1.54, 1.807) is 6.20 Å². The molecule has 0 saturated carbocycles. The van der Waals surface area contributed by atoms with E-state index in [0.717, 1.165) is 18.9 Å². The highest BCUT2D eigenvalue weighted by atomic mass is 15.0. The Bertz CT molecular complexity index is 290. The number of nitrogen functional groups attached to an aromatic ring is 1. The first-order valence-corrected chi connectivity index (χ1v) is 5.53. The number of nitrogens with two attached hydrogens (primary N) is 1. The van der Waals surface area contributed by atoms with Crippen LogP contribution in [0.2, 0.25) is 0 Å². The molecule has 1 aromatic heterocycles. The summed E-state index contributed by atoms with van der Waals surface area (Å²) in [5.41, 5.74) is 6.27. The van der Waals surface area contributed by atoms with Gasteiger partial charge in [0.1, 0.15) is 5.82 Å². The SMILES string of the molecule is Nc1ccc(NCC2CCCCN2)nc1. The lowest BCUT2D eigenvalue weighted by molar-refractivity contribution is 0.414. The van der Waals surface area contributed by atoms with E-state index in [-0.39, 0.29) is 0 Å². The molecular formula is C11H18N4. The van der Waals surface area contributed by atoms with Crippen molar-refractivity contribution < 1.29 is 0 Å². The lowest BCUT2D eigenvalue weighted by Crippen LogP contribution is -2.39. The van der Waals surface area contributed by atoms with Crippen LogP contribution in [-0.2, 0) is 0 Å². The Labute approximate surface area is 90.3 Å². The first-order valence-electron chi connectivity index (χ1n) is 5.53. The van der Waals surface area contributed by atoms with Crippen molar-refractivity contribution in [3.05, 3.63) is 18.3 Å². The maximum atomic E-state index is 5.56. The van der Waals surface area contributed by atoms with Gasteiger partial charge in [0.05, 0.1) is 11.9 Å². The average molecular weight is 206 g/mol. The molecule has 82 valence electrons. The van der Waals surface area contributed by atoms with Gasteiger partial charge in [0.25, 0.3) is 0 Å². The predicted molar refractivity (Wildman–Crippen MR) is 62.8 cm³/mol. The van der Waals surface area contributed by atoms with Gasteiger partial charge in [0, 0.05) is 12.6 Å². The largest absolute Gasteiger partial charge is 0.397 e. The molecule has 1 saturated heterocycles. The van der Waals surface area contributed by atoms with Crippen molar-refractivity contribution in [2.45, 2.75) is 25.3 Å². The van der Waals surface area contributed by atoms with E-state index in [9.17, 15) is 0 Å². The highest BCUT2D eigenvalue weighted by Crippen LogP contribution is 2.09. The topological polar surface area (TPSA) is 63.0 Å². The highest BCUT2D eigenvalue weighted by Gasteiger charge is 2.11. The molecule has 0 amide bonds. The fraction of sp³-hybridized carbons (Fsp3) is 0.545. The van der Waals surface area contributed by atoms with Gasteiger partial charge in [-0.2, -0.15) is 0 Å². The molecule has 4 heteroatoms. The minimum atomic E-state index is 0.582. The lowest BCUT2D eigenvalue weighted by atomic mass is 10.1. The van der Waals surface area contributed by atoms with Gasteiger partial charge < -0.3 is 16.4 Å². The molecule has 0 aliphatic carbocycles. The molecule has 15 heavy (non-hydrogen) atoms. The van der Waals surface area contributed by atoms with Crippen LogP contribution >= 0.6 is 0 Å². The second-order valence-corrected chi connectivity index (χ2v) is 4.00. The summed E-state index contributed by atoms with van der Waals surface area (Å²) >= 11 is 0. The van der Waals surface area contributed by atoms with Crippen molar-refractivity contribution >= 4 is 11.5 Å². The van der Waals surface area contributed by atoms with Gasteiger partial charge >= 0.3 is 0 Å². The van der Waals surface area contributed by atoms with Crippen LogP contribution in [0.3, 0.4) is 0 Å². The minimum absolute atomic E-state index is 0.582. The lowest BCUT2D eigenvalue weighted by Gasteiger charge is -2.23. The van der Waals surface area contributed by atoms with E-state index in [2.05, 4.69) is 15.6 Å². The van der Waals surface area contributed by atoms with Crippen molar-refractivity contribution in [2.75, 3.05) is 24.1 Å². The smallest absolute Gasteiger partial charge is 0.126 e. The van der Waals surface area contributed by atoms with Crippen molar-refractivity contribution in [3.8, 4) is 0 Å². The average Bonchev–Trinajstić information content (AvgIpc) is 2.30. The van der Waals surface area contributed by atoms with Gasteiger partial charge in [0.2, 0.25) is 0 Å². The molecule has 0 radical (unpaired) electrons. The molecular weight excluding hydrogens is 188 g/mol. The van der Waals surface area contributed by atoms with Gasteiger partial charge in [-0.1, -0.05) is 6.42 Å². The number of anilines is 2. The first-order chi connectivity index (χ1) is 7.34.